The summed E-state index contributed by atoms with van der Waals surface area (Å²) in [5, 5.41) is 2.62. The van der Waals surface area contributed by atoms with Gasteiger partial charge in [0.25, 0.3) is 0 Å². The first-order chi connectivity index (χ1) is 11.9. The highest BCUT2D eigenvalue weighted by Crippen LogP contribution is 2.13. The van der Waals surface area contributed by atoms with Crippen LogP contribution in [0.1, 0.15) is 69.2 Å². The number of carbonyl (C=O) groups is 2. The standard InChI is InChI=1S/C10H8.2C6H12O.C2H6/c1-2-6-10-8-4-3-7-9(10)5-1;2*1-5(7)6(2,3)4;1-2/h1-8H;2*1-4H3;1-2H3. The van der Waals surface area contributed by atoms with Gasteiger partial charge in [0.15, 0.2) is 0 Å². The zero-order chi connectivity index (χ0) is 21.0. The predicted molar refractivity (Wildman–Crippen MR) is 116 cm³/mol. The van der Waals surface area contributed by atoms with E-state index in [0.717, 1.165) is 0 Å². The third-order valence-electron chi connectivity index (χ3n) is 3.77. The Morgan fingerprint density at radius 3 is 0.846 bits per heavy atom. The molecule has 26 heavy (non-hydrogen) atoms. The van der Waals surface area contributed by atoms with Gasteiger partial charge in [0.2, 0.25) is 0 Å². The summed E-state index contributed by atoms with van der Waals surface area (Å²) in [6, 6.07) is 16.7. The molecule has 0 fully saturated rings. The first kappa shape index (κ1) is 26.3. The van der Waals surface area contributed by atoms with Crippen LogP contribution in [0.25, 0.3) is 10.8 Å². The smallest absolute Gasteiger partial charge is 0.135 e. The molecule has 2 aromatic carbocycles. The molecule has 0 spiro atoms. The van der Waals surface area contributed by atoms with Crippen LogP contribution in [0.15, 0.2) is 48.5 Å². The Bertz CT molecular complexity index is 566. The first-order valence-corrected chi connectivity index (χ1v) is 9.31. The number of fused-ring (bicyclic) bond motifs is 1. The van der Waals surface area contributed by atoms with Crippen molar-refractivity contribution in [3.05, 3.63) is 48.5 Å². The average molecular weight is 359 g/mol. The maximum atomic E-state index is 10.5. The van der Waals surface area contributed by atoms with Gasteiger partial charge in [-0.1, -0.05) is 104 Å². The number of ketones is 2. The molecule has 0 saturated heterocycles. The summed E-state index contributed by atoms with van der Waals surface area (Å²) < 4.78 is 0. The summed E-state index contributed by atoms with van der Waals surface area (Å²) in [4.78, 5) is 20.9. The fourth-order valence-electron chi connectivity index (χ4n) is 1.13. The van der Waals surface area contributed by atoms with E-state index in [1.165, 1.54) is 10.8 Å². The molecule has 0 saturated carbocycles. The maximum Gasteiger partial charge on any atom is 0.135 e. The molecule has 0 unspecified atom stereocenters. The van der Waals surface area contributed by atoms with Crippen molar-refractivity contribution >= 4 is 22.3 Å². The second-order valence-corrected chi connectivity index (χ2v) is 7.96. The Kier molecular flexibility index (Phi) is 12.5. The maximum absolute atomic E-state index is 10.5. The minimum atomic E-state index is -0.139. The van der Waals surface area contributed by atoms with Crippen LogP contribution in [0, 0.1) is 10.8 Å². The van der Waals surface area contributed by atoms with Crippen LogP contribution < -0.4 is 0 Å². The molecule has 0 heterocycles. The number of carbonyl (C=O) groups excluding carboxylic acids is 2. The van der Waals surface area contributed by atoms with Crippen molar-refractivity contribution in [2.45, 2.75) is 69.2 Å². The highest BCUT2D eigenvalue weighted by molar-refractivity contribution is 5.82. The van der Waals surface area contributed by atoms with Crippen LogP contribution in [-0.4, -0.2) is 11.6 Å². The molecule has 0 aliphatic heterocycles. The lowest BCUT2D eigenvalue weighted by atomic mass is 9.92. The Labute approximate surface area is 161 Å². The SMILES string of the molecule is CC.CC(=O)C(C)(C)C.CC(=O)C(C)(C)C.c1ccc2ccccc2c1. The molecule has 0 N–H and O–H groups in total. The van der Waals surface area contributed by atoms with E-state index in [2.05, 4.69) is 48.5 Å². The summed E-state index contributed by atoms with van der Waals surface area (Å²) in [6.45, 7) is 18.7. The molecule has 0 aromatic heterocycles. The van der Waals surface area contributed by atoms with Gasteiger partial charge in [-0.3, -0.25) is 9.59 Å². The van der Waals surface area contributed by atoms with Crippen molar-refractivity contribution in [1.82, 2.24) is 0 Å². The van der Waals surface area contributed by atoms with E-state index < -0.39 is 0 Å². The van der Waals surface area contributed by atoms with Crippen LogP contribution in [0.3, 0.4) is 0 Å². The minimum Gasteiger partial charge on any atom is -0.299 e. The third-order valence-corrected chi connectivity index (χ3v) is 3.77. The summed E-state index contributed by atoms with van der Waals surface area (Å²) in [6.07, 6.45) is 0. The molecule has 2 nitrogen and oxygen atoms in total. The van der Waals surface area contributed by atoms with Gasteiger partial charge in [-0.25, -0.2) is 0 Å². The molecule has 146 valence electrons. The number of hydrogen-bond donors (Lipinski definition) is 0. The highest BCUT2D eigenvalue weighted by atomic mass is 16.1. The molecule has 2 aromatic rings. The molecule has 0 aliphatic carbocycles. The molecule has 0 aliphatic rings. The van der Waals surface area contributed by atoms with Gasteiger partial charge in [-0.05, 0) is 24.6 Å². The highest BCUT2D eigenvalue weighted by Gasteiger charge is 2.15. The van der Waals surface area contributed by atoms with Crippen LogP contribution >= 0.6 is 0 Å². The molecule has 0 bridgehead atoms. The van der Waals surface area contributed by atoms with Crippen molar-refractivity contribution < 1.29 is 9.59 Å². The third kappa shape index (κ3) is 12.4. The van der Waals surface area contributed by atoms with E-state index in [9.17, 15) is 9.59 Å². The van der Waals surface area contributed by atoms with E-state index in [1.807, 2.05) is 55.4 Å². The monoisotopic (exact) mass is 358 g/mol. The number of rotatable bonds is 0. The predicted octanol–water partition coefficient (Wildman–Crippen LogP) is 7.11. The van der Waals surface area contributed by atoms with Gasteiger partial charge in [0.05, 0.1) is 0 Å². The quantitative estimate of drug-likeness (QED) is 0.503. The van der Waals surface area contributed by atoms with Crippen molar-refractivity contribution in [3.8, 4) is 0 Å². The van der Waals surface area contributed by atoms with Crippen molar-refractivity contribution in [1.29, 1.82) is 0 Å². The Morgan fingerprint density at radius 1 is 0.577 bits per heavy atom. The lowest BCUT2D eigenvalue weighted by Gasteiger charge is -2.11. The fraction of sp³-hybridized carbons (Fsp3) is 0.500. The van der Waals surface area contributed by atoms with E-state index in [4.69, 9.17) is 0 Å². The largest absolute Gasteiger partial charge is 0.299 e. The minimum absolute atomic E-state index is 0.139. The Balaban J connectivity index is 0. The van der Waals surface area contributed by atoms with Crippen LogP contribution in [0.4, 0.5) is 0 Å². The molecular formula is C24H38O2. The fourth-order valence-corrected chi connectivity index (χ4v) is 1.13. The number of benzene rings is 2. The van der Waals surface area contributed by atoms with E-state index in [0.29, 0.717) is 0 Å². The van der Waals surface area contributed by atoms with E-state index in [1.54, 1.807) is 13.8 Å². The lowest BCUT2D eigenvalue weighted by Crippen LogP contribution is -2.15. The second-order valence-electron chi connectivity index (χ2n) is 7.96. The molecule has 0 radical (unpaired) electrons. The Hall–Kier alpha value is -1.96. The van der Waals surface area contributed by atoms with Crippen molar-refractivity contribution in [2.75, 3.05) is 0 Å². The normalized spacial score (nSPS) is 10.2. The first-order valence-electron chi connectivity index (χ1n) is 9.31. The van der Waals surface area contributed by atoms with Gasteiger partial charge in [0, 0.05) is 10.8 Å². The molecule has 0 atom stereocenters. The van der Waals surface area contributed by atoms with Gasteiger partial charge in [-0.2, -0.15) is 0 Å². The summed E-state index contributed by atoms with van der Waals surface area (Å²) in [7, 11) is 0. The van der Waals surface area contributed by atoms with E-state index in [-0.39, 0.29) is 22.4 Å². The summed E-state index contributed by atoms with van der Waals surface area (Å²) >= 11 is 0. The molecule has 2 heteroatoms. The van der Waals surface area contributed by atoms with Gasteiger partial charge in [0.1, 0.15) is 11.6 Å². The van der Waals surface area contributed by atoms with Crippen LogP contribution in [-0.2, 0) is 9.59 Å². The molecule has 0 amide bonds. The summed E-state index contributed by atoms with van der Waals surface area (Å²) in [5.74, 6) is 0.486. The number of hydrogen-bond acceptors (Lipinski definition) is 2. The number of Topliss-reactive ketones (excluding diaryl/α,β-unsaturated/α-hetero) is 2. The summed E-state index contributed by atoms with van der Waals surface area (Å²) in [5.41, 5.74) is -0.278. The zero-order valence-corrected chi connectivity index (χ0v) is 18.4. The lowest BCUT2D eigenvalue weighted by molar-refractivity contribution is -0.124. The van der Waals surface area contributed by atoms with Crippen molar-refractivity contribution in [2.24, 2.45) is 10.8 Å². The van der Waals surface area contributed by atoms with E-state index >= 15 is 0 Å². The van der Waals surface area contributed by atoms with Crippen molar-refractivity contribution in [3.63, 3.8) is 0 Å². The van der Waals surface area contributed by atoms with Gasteiger partial charge < -0.3 is 0 Å². The Morgan fingerprint density at radius 2 is 0.731 bits per heavy atom. The molecule has 2 rings (SSSR count). The topological polar surface area (TPSA) is 34.1 Å². The van der Waals surface area contributed by atoms with Gasteiger partial charge >= 0.3 is 0 Å². The van der Waals surface area contributed by atoms with Crippen LogP contribution in [0.2, 0.25) is 0 Å². The van der Waals surface area contributed by atoms with Crippen LogP contribution in [0.5, 0.6) is 0 Å². The second kappa shape index (κ2) is 12.4. The van der Waals surface area contributed by atoms with Gasteiger partial charge in [-0.15, -0.1) is 0 Å². The average Bonchev–Trinajstić information content (AvgIpc) is 2.56. The molecular weight excluding hydrogens is 320 g/mol. The zero-order valence-electron chi connectivity index (χ0n) is 18.4.